The summed E-state index contributed by atoms with van der Waals surface area (Å²) in [5.41, 5.74) is 6.13. The number of nitrogens with two attached hydrogens (primary N) is 1. The zero-order valence-electron chi connectivity index (χ0n) is 12.9. The second-order valence-electron chi connectivity index (χ2n) is 5.47. The maximum Gasteiger partial charge on any atom is 0.407 e. The number of carbonyl (C=O) groups excluding carboxylic acids is 3. The maximum absolute atomic E-state index is 12.0. The number of alkyl carbamates (subject to hydrolysis) is 1. The van der Waals surface area contributed by atoms with E-state index in [1.165, 1.54) is 0 Å². The minimum absolute atomic E-state index is 0.116. The first-order valence-electron chi connectivity index (χ1n) is 7.58. The van der Waals surface area contributed by atoms with Crippen LogP contribution in [0.5, 0.6) is 0 Å². The minimum Gasteiger partial charge on any atom is -0.445 e. The molecule has 124 valence electrons. The molecule has 0 radical (unpaired) electrons. The van der Waals surface area contributed by atoms with Crippen LogP contribution in [0.4, 0.5) is 4.79 Å². The van der Waals surface area contributed by atoms with Gasteiger partial charge in [0.25, 0.3) is 0 Å². The van der Waals surface area contributed by atoms with Crippen molar-refractivity contribution in [1.82, 2.24) is 10.2 Å². The van der Waals surface area contributed by atoms with Crippen LogP contribution >= 0.6 is 0 Å². The highest BCUT2D eigenvalue weighted by molar-refractivity contribution is 5.83. The molecule has 7 nitrogen and oxygen atoms in total. The summed E-state index contributed by atoms with van der Waals surface area (Å²) >= 11 is 0. The zero-order valence-corrected chi connectivity index (χ0v) is 12.9. The number of piperidine rings is 1. The van der Waals surface area contributed by atoms with Crippen LogP contribution in [0.3, 0.4) is 0 Å². The van der Waals surface area contributed by atoms with Crippen LogP contribution < -0.4 is 11.1 Å². The number of hydrogen-bond donors (Lipinski definition) is 2. The zero-order chi connectivity index (χ0) is 16.7. The van der Waals surface area contributed by atoms with Crippen LogP contribution in [0.2, 0.25) is 0 Å². The van der Waals surface area contributed by atoms with Gasteiger partial charge in [-0.3, -0.25) is 9.59 Å². The number of primary amides is 1. The third-order valence-electron chi connectivity index (χ3n) is 3.85. The van der Waals surface area contributed by atoms with Crippen LogP contribution in [-0.4, -0.2) is 42.4 Å². The minimum atomic E-state index is -0.630. The second-order valence-corrected chi connectivity index (χ2v) is 5.47. The Morgan fingerprint density at radius 1 is 1.17 bits per heavy atom. The number of rotatable bonds is 5. The average Bonchev–Trinajstić information content (AvgIpc) is 2.58. The molecule has 2 rings (SSSR count). The molecule has 0 saturated carbocycles. The van der Waals surface area contributed by atoms with Crippen molar-refractivity contribution in [2.75, 3.05) is 19.6 Å². The summed E-state index contributed by atoms with van der Waals surface area (Å²) in [4.78, 5) is 36.3. The fourth-order valence-electron chi connectivity index (χ4n) is 2.45. The molecule has 0 bridgehead atoms. The molecular formula is C16H21N3O4. The lowest BCUT2D eigenvalue weighted by atomic mass is 9.96. The fourth-order valence-corrected chi connectivity index (χ4v) is 2.45. The number of benzene rings is 1. The summed E-state index contributed by atoms with van der Waals surface area (Å²) in [6.07, 6.45) is 0.508. The lowest BCUT2D eigenvalue weighted by molar-refractivity contribution is -0.134. The van der Waals surface area contributed by atoms with Crippen molar-refractivity contribution < 1.29 is 19.1 Å². The Morgan fingerprint density at radius 3 is 2.43 bits per heavy atom. The van der Waals surface area contributed by atoms with Crippen molar-refractivity contribution >= 4 is 17.9 Å². The largest absolute Gasteiger partial charge is 0.445 e. The standard InChI is InChI=1S/C16H21N3O4/c17-15(21)13-6-8-19(9-7-13)14(20)10-18-16(22)23-11-12-4-2-1-3-5-12/h1-5,13H,6-11H2,(H2,17,21)(H,18,22). The van der Waals surface area contributed by atoms with E-state index in [1.54, 1.807) is 4.90 Å². The summed E-state index contributed by atoms with van der Waals surface area (Å²) in [5.74, 6) is -0.674. The normalized spacial score (nSPS) is 15.0. The Bertz CT molecular complexity index is 554. The lowest BCUT2D eigenvalue weighted by Gasteiger charge is -2.30. The van der Waals surface area contributed by atoms with Gasteiger partial charge in [0.2, 0.25) is 11.8 Å². The van der Waals surface area contributed by atoms with E-state index in [0.717, 1.165) is 5.56 Å². The highest BCUT2D eigenvalue weighted by Gasteiger charge is 2.25. The van der Waals surface area contributed by atoms with Gasteiger partial charge in [-0.1, -0.05) is 30.3 Å². The molecule has 1 aliphatic rings. The molecule has 0 spiro atoms. The Kier molecular flexibility index (Phi) is 5.96. The average molecular weight is 319 g/mol. The van der Waals surface area contributed by atoms with E-state index in [9.17, 15) is 14.4 Å². The van der Waals surface area contributed by atoms with Crippen LogP contribution in [0.25, 0.3) is 0 Å². The number of likely N-dealkylation sites (tertiary alicyclic amines) is 1. The van der Waals surface area contributed by atoms with E-state index in [4.69, 9.17) is 10.5 Å². The molecule has 0 aliphatic carbocycles. The summed E-state index contributed by atoms with van der Waals surface area (Å²) in [7, 11) is 0. The molecule has 7 heteroatoms. The van der Waals surface area contributed by atoms with E-state index < -0.39 is 6.09 Å². The topological polar surface area (TPSA) is 102 Å². The summed E-state index contributed by atoms with van der Waals surface area (Å²) in [6, 6.07) is 9.29. The Labute approximate surface area is 134 Å². The van der Waals surface area contributed by atoms with Gasteiger partial charge in [-0.2, -0.15) is 0 Å². The van der Waals surface area contributed by atoms with E-state index in [1.807, 2.05) is 30.3 Å². The van der Waals surface area contributed by atoms with E-state index in [2.05, 4.69) is 5.32 Å². The Hall–Kier alpha value is -2.57. The van der Waals surface area contributed by atoms with Crippen LogP contribution in [0, 0.1) is 5.92 Å². The molecule has 1 saturated heterocycles. The smallest absolute Gasteiger partial charge is 0.407 e. The molecule has 1 fully saturated rings. The molecule has 23 heavy (non-hydrogen) atoms. The van der Waals surface area contributed by atoms with Crippen molar-refractivity contribution in [3.8, 4) is 0 Å². The third-order valence-corrected chi connectivity index (χ3v) is 3.85. The molecule has 0 atom stereocenters. The third kappa shape index (κ3) is 5.28. The Balaban J connectivity index is 1.66. The molecule has 0 aromatic heterocycles. The number of nitrogens with zero attached hydrogens (tertiary/aromatic N) is 1. The number of hydrogen-bond acceptors (Lipinski definition) is 4. The summed E-state index contributed by atoms with van der Waals surface area (Å²) < 4.78 is 5.03. The summed E-state index contributed by atoms with van der Waals surface area (Å²) in [5, 5.41) is 2.44. The van der Waals surface area contributed by atoms with Crippen LogP contribution in [0.15, 0.2) is 30.3 Å². The molecular weight excluding hydrogens is 298 g/mol. The van der Waals surface area contributed by atoms with Crippen LogP contribution in [0.1, 0.15) is 18.4 Å². The molecule has 1 heterocycles. The lowest BCUT2D eigenvalue weighted by Crippen LogP contribution is -2.45. The number of carbonyl (C=O) groups is 3. The molecule has 3 amide bonds. The highest BCUT2D eigenvalue weighted by atomic mass is 16.5. The maximum atomic E-state index is 12.0. The van der Waals surface area contributed by atoms with Gasteiger partial charge < -0.3 is 20.7 Å². The monoisotopic (exact) mass is 319 g/mol. The first kappa shape index (κ1) is 16.8. The molecule has 1 aliphatic heterocycles. The Morgan fingerprint density at radius 2 is 1.83 bits per heavy atom. The molecule has 1 aromatic rings. The number of amides is 3. The molecule has 0 unspecified atom stereocenters. The first-order valence-corrected chi connectivity index (χ1v) is 7.58. The summed E-state index contributed by atoms with van der Waals surface area (Å²) in [6.45, 7) is 1.00. The SMILES string of the molecule is NC(=O)C1CCN(C(=O)CNC(=O)OCc2ccccc2)CC1. The van der Waals surface area contributed by atoms with Gasteiger partial charge >= 0.3 is 6.09 Å². The predicted octanol–water partition coefficient (Wildman–Crippen LogP) is 0.637. The number of ether oxygens (including phenoxy) is 1. The van der Waals surface area contributed by atoms with Crippen molar-refractivity contribution in [2.24, 2.45) is 11.7 Å². The fraction of sp³-hybridized carbons (Fsp3) is 0.438. The van der Waals surface area contributed by atoms with Gasteiger partial charge in [0, 0.05) is 19.0 Å². The van der Waals surface area contributed by atoms with Gasteiger partial charge in [-0.25, -0.2) is 4.79 Å². The predicted molar refractivity (Wildman–Crippen MR) is 83.1 cm³/mol. The van der Waals surface area contributed by atoms with Crippen molar-refractivity contribution in [2.45, 2.75) is 19.4 Å². The molecule has 1 aromatic carbocycles. The van der Waals surface area contributed by atoms with Crippen LogP contribution in [-0.2, 0) is 20.9 Å². The van der Waals surface area contributed by atoms with E-state index in [0.29, 0.717) is 25.9 Å². The van der Waals surface area contributed by atoms with Crippen molar-refractivity contribution in [1.29, 1.82) is 0 Å². The highest BCUT2D eigenvalue weighted by Crippen LogP contribution is 2.16. The second kappa shape index (κ2) is 8.17. The van der Waals surface area contributed by atoms with E-state index >= 15 is 0 Å². The van der Waals surface area contributed by atoms with Gasteiger partial charge in [-0.05, 0) is 18.4 Å². The van der Waals surface area contributed by atoms with Gasteiger partial charge in [0.1, 0.15) is 13.2 Å². The van der Waals surface area contributed by atoms with Gasteiger partial charge in [0.15, 0.2) is 0 Å². The van der Waals surface area contributed by atoms with Crippen molar-refractivity contribution in [3.63, 3.8) is 0 Å². The molecule has 3 N–H and O–H groups in total. The van der Waals surface area contributed by atoms with E-state index in [-0.39, 0.29) is 30.9 Å². The number of nitrogens with one attached hydrogen (secondary N) is 1. The quantitative estimate of drug-likeness (QED) is 0.831. The first-order chi connectivity index (χ1) is 11.1. The van der Waals surface area contributed by atoms with Crippen molar-refractivity contribution in [3.05, 3.63) is 35.9 Å². The van der Waals surface area contributed by atoms with Gasteiger partial charge in [0.05, 0.1) is 0 Å². The van der Waals surface area contributed by atoms with Gasteiger partial charge in [-0.15, -0.1) is 0 Å².